The highest BCUT2D eigenvalue weighted by molar-refractivity contribution is 6.67. The van der Waals surface area contributed by atoms with Gasteiger partial charge in [-0.3, -0.25) is 0 Å². The third kappa shape index (κ3) is 11.4. The number of rotatable bonds is 16. The molecular formula is C18H40O2Si. The maximum atomic E-state index is 6.20. The quantitative estimate of drug-likeness (QED) is 0.241. The molecule has 0 rings (SSSR count). The van der Waals surface area contributed by atoms with E-state index in [1.54, 1.807) is 0 Å². The standard InChI is InChI=1S/C18H40O2Si/c1-5-9-11-13-15-17-21(19-7-3,20-8-4)18-16-14-12-10-6-2/h5-18H2,1-4H3. The SMILES string of the molecule is CCCCCCC[Si](CCCCCCC)(OCC)OCC. The Morgan fingerprint density at radius 3 is 1.24 bits per heavy atom. The molecule has 0 aromatic carbocycles. The normalized spacial score (nSPS) is 12.0. The summed E-state index contributed by atoms with van der Waals surface area (Å²) in [5.41, 5.74) is 0. The summed E-state index contributed by atoms with van der Waals surface area (Å²) in [5.74, 6) is 0. The Bertz CT molecular complexity index is 187. The molecule has 0 amide bonds. The van der Waals surface area contributed by atoms with Gasteiger partial charge in [0.05, 0.1) is 0 Å². The first kappa shape index (κ1) is 21.1. The third-order valence-corrected chi connectivity index (χ3v) is 8.00. The third-order valence-electron chi connectivity index (χ3n) is 4.14. The van der Waals surface area contributed by atoms with Gasteiger partial charge in [0, 0.05) is 13.2 Å². The predicted octanol–water partition coefficient (Wildman–Crippen LogP) is 6.44. The molecule has 0 fully saturated rings. The second kappa shape index (κ2) is 15.0. The summed E-state index contributed by atoms with van der Waals surface area (Å²) < 4.78 is 12.4. The fourth-order valence-corrected chi connectivity index (χ4v) is 6.52. The van der Waals surface area contributed by atoms with E-state index in [2.05, 4.69) is 27.7 Å². The predicted molar refractivity (Wildman–Crippen MR) is 96.1 cm³/mol. The summed E-state index contributed by atoms with van der Waals surface area (Å²) in [7, 11) is -1.92. The van der Waals surface area contributed by atoms with Gasteiger partial charge in [-0.05, 0) is 25.9 Å². The monoisotopic (exact) mass is 316 g/mol. The molecule has 0 spiro atoms. The van der Waals surface area contributed by atoms with Crippen LogP contribution in [0.15, 0.2) is 0 Å². The molecule has 0 atom stereocenters. The molecule has 0 aromatic rings. The zero-order valence-corrected chi connectivity index (χ0v) is 16.2. The van der Waals surface area contributed by atoms with Crippen molar-refractivity contribution in [2.75, 3.05) is 13.2 Å². The second-order valence-corrected chi connectivity index (χ2v) is 9.50. The molecule has 0 unspecified atom stereocenters. The van der Waals surface area contributed by atoms with Crippen LogP contribution >= 0.6 is 0 Å². The number of hydrogen-bond acceptors (Lipinski definition) is 2. The van der Waals surface area contributed by atoms with E-state index in [1.165, 1.54) is 76.3 Å². The van der Waals surface area contributed by atoms with Crippen LogP contribution in [0.25, 0.3) is 0 Å². The largest absolute Gasteiger partial charge is 0.394 e. The first-order chi connectivity index (χ1) is 10.2. The van der Waals surface area contributed by atoms with Crippen molar-refractivity contribution < 1.29 is 8.85 Å². The van der Waals surface area contributed by atoms with Gasteiger partial charge in [-0.15, -0.1) is 0 Å². The Morgan fingerprint density at radius 2 is 0.905 bits per heavy atom. The van der Waals surface area contributed by atoms with Gasteiger partial charge < -0.3 is 8.85 Å². The highest BCUT2D eigenvalue weighted by Crippen LogP contribution is 2.26. The van der Waals surface area contributed by atoms with Crippen LogP contribution in [0.4, 0.5) is 0 Å². The average molecular weight is 317 g/mol. The Labute approximate surface area is 135 Å². The summed E-state index contributed by atoms with van der Waals surface area (Å²) >= 11 is 0. The molecule has 0 N–H and O–H groups in total. The molecule has 21 heavy (non-hydrogen) atoms. The number of hydrogen-bond donors (Lipinski definition) is 0. The van der Waals surface area contributed by atoms with Gasteiger partial charge >= 0.3 is 8.56 Å². The highest BCUT2D eigenvalue weighted by Gasteiger charge is 2.35. The molecule has 0 aliphatic heterocycles. The van der Waals surface area contributed by atoms with Crippen LogP contribution in [0.3, 0.4) is 0 Å². The zero-order valence-electron chi connectivity index (χ0n) is 15.2. The zero-order chi connectivity index (χ0) is 15.8. The van der Waals surface area contributed by atoms with Crippen molar-refractivity contribution in [1.82, 2.24) is 0 Å². The Balaban J connectivity index is 4.16. The maximum absolute atomic E-state index is 6.20. The minimum absolute atomic E-state index is 0.816. The average Bonchev–Trinajstić information content (AvgIpc) is 2.47. The minimum Gasteiger partial charge on any atom is -0.394 e. The lowest BCUT2D eigenvalue weighted by Gasteiger charge is -2.30. The summed E-state index contributed by atoms with van der Waals surface area (Å²) in [6.45, 7) is 10.4. The summed E-state index contributed by atoms with van der Waals surface area (Å²) in [4.78, 5) is 0. The van der Waals surface area contributed by atoms with E-state index in [-0.39, 0.29) is 0 Å². The molecule has 0 heterocycles. The van der Waals surface area contributed by atoms with Crippen LogP contribution in [0.1, 0.15) is 91.9 Å². The van der Waals surface area contributed by atoms with Gasteiger partial charge in [0.1, 0.15) is 0 Å². The molecule has 0 saturated heterocycles. The Morgan fingerprint density at radius 1 is 0.524 bits per heavy atom. The van der Waals surface area contributed by atoms with E-state index in [0.717, 1.165) is 13.2 Å². The smallest absolute Gasteiger partial charge is 0.338 e. The van der Waals surface area contributed by atoms with Crippen molar-refractivity contribution in [2.45, 2.75) is 104 Å². The Kier molecular flexibility index (Phi) is 15.1. The lowest BCUT2D eigenvalue weighted by Crippen LogP contribution is -2.42. The van der Waals surface area contributed by atoms with E-state index in [1.807, 2.05) is 0 Å². The molecule has 0 radical (unpaired) electrons. The van der Waals surface area contributed by atoms with Crippen molar-refractivity contribution in [3.05, 3.63) is 0 Å². The molecular weight excluding hydrogens is 276 g/mol. The second-order valence-electron chi connectivity index (χ2n) is 6.11. The lowest BCUT2D eigenvalue weighted by molar-refractivity contribution is 0.180. The Hall–Kier alpha value is 0.137. The van der Waals surface area contributed by atoms with E-state index in [0.29, 0.717) is 0 Å². The fraction of sp³-hybridized carbons (Fsp3) is 1.00. The lowest BCUT2D eigenvalue weighted by atomic mass is 10.2. The highest BCUT2D eigenvalue weighted by atomic mass is 28.4. The van der Waals surface area contributed by atoms with Gasteiger partial charge in [-0.25, -0.2) is 0 Å². The van der Waals surface area contributed by atoms with Crippen molar-refractivity contribution in [2.24, 2.45) is 0 Å². The summed E-state index contributed by atoms with van der Waals surface area (Å²) in [6.07, 6.45) is 13.4. The van der Waals surface area contributed by atoms with E-state index < -0.39 is 8.56 Å². The molecule has 0 bridgehead atoms. The maximum Gasteiger partial charge on any atom is 0.338 e. The van der Waals surface area contributed by atoms with E-state index >= 15 is 0 Å². The van der Waals surface area contributed by atoms with Crippen LogP contribution in [0.5, 0.6) is 0 Å². The van der Waals surface area contributed by atoms with Crippen LogP contribution in [-0.2, 0) is 8.85 Å². The molecule has 2 nitrogen and oxygen atoms in total. The molecule has 0 aromatic heterocycles. The molecule has 0 aliphatic rings. The van der Waals surface area contributed by atoms with Crippen LogP contribution in [0.2, 0.25) is 12.1 Å². The fourth-order valence-electron chi connectivity index (χ4n) is 2.98. The molecule has 3 heteroatoms. The van der Waals surface area contributed by atoms with Gasteiger partial charge in [-0.1, -0.05) is 78.1 Å². The first-order valence-corrected chi connectivity index (χ1v) is 11.8. The van der Waals surface area contributed by atoms with E-state index in [9.17, 15) is 0 Å². The van der Waals surface area contributed by atoms with Gasteiger partial charge in [-0.2, -0.15) is 0 Å². The molecule has 0 aliphatic carbocycles. The minimum atomic E-state index is -1.92. The molecule has 128 valence electrons. The summed E-state index contributed by atoms with van der Waals surface area (Å²) in [5, 5.41) is 0. The van der Waals surface area contributed by atoms with Crippen LogP contribution in [0, 0.1) is 0 Å². The van der Waals surface area contributed by atoms with Gasteiger partial charge in [0.25, 0.3) is 0 Å². The van der Waals surface area contributed by atoms with Crippen molar-refractivity contribution in [1.29, 1.82) is 0 Å². The van der Waals surface area contributed by atoms with Crippen molar-refractivity contribution in [3.8, 4) is 0 Å². The van der Waals surface area contributed by atoms with Crippen LogP contribution < -0.4 is 0 Å². The van der Waals surface area contributed by atoms with E-state index in [4.69, 9.17) is 8.85 Å². The van der Waals surface area contributed by atoms with Gasteiger partial charge in [0.2, 0.25) is 0 Å². The van der Waals surface area contributed by atoms with Crippen LogP contribution in [-0.4, -0.2) is 21.8 Å². The summed E-state index contributed by atoms with van der Waals surface area (Å²) in [6, 6.07) is 2.40. The topological polar surface area (TPSA) is 18.5 Å². The van der Waals surface area contributed by atoms with Crippen molar-refractivity contribution >= 4 is 8.56 Å². The first-order valence-electron chi connectivity index (χ1n) is 9.52. The van der Waals surface area contributed by atoms with Gasteiger partial charge in [0.15, 0.2) is 0 Å². The van der Waals surface area contributed by atoms with Crippen molar-refractivity contribution in [3.63, 3.8) is 0 Å². The molecule has 0 saturated carbocycles. The number of unbranched alkanes of at least 4 members (excludes halogenated alkanes) is 8.